The van der Waals surface area contributed by atoms with Gasteiger partial charge in [-0.25, -0.2) is 4.79 Å². The summed E-state index contributed by atoms with van der Waals surface area (Å²) in [7, 11) is 0. The van der Waals surface area contributed by atoms with Crippen molar-refractivity contribution in [1.29, 1.82) is 0 Å². The zero-order valence-corrected chi connectivity index (χ0v) is 8.01. The third-order valence-corrected chi connectivity index (χ3v) is 1.98. The van der Waals surface area contributed by atoms with Crippen LogP contribution in [0.2, 0.25) is 0 Å². The molecule has 6 nitrogen and oxygen atoms in total. The molecule has 1 unspecified atom stereocenters. The van der Waals surface area contributed by atoms with Gasteiger partial charge in [-0.15, -0.1) is 6.58 Å². The van der Waals surface area contributed by atoms with E-state index in [9.17, 15) is 14.4 Å². The van der Waals surface area contributed by atoms with Crippen LogP contribution in [0.5, 0.6) is 0 Å². The van der Waals surface area contributed by atoms with Crippen molar-refractivity contribution in [1.82, 2.24) is 4.90 Å². The quantitative estimate of drug-likeness (QED) is 0.498. The average Bonchev–Trinajstić information content (AvgIpc) is 2.15. The summed E-state index contributed by atoms with van der Waals surface area (Å²) in [6, 6.07) is -1.17. The van der Waals surface area contributed by atoms with Crippen LogP contribution in [0, 0.1) is 0 Å². The lowest BCUT2D eigenvalue weighted by Crippen LogP contribution is -2.54. The smallest absolute Gasteiger partial charge is 0.327 e. The van der Waals surface area contributed by atoms with Crippen molar-refractivity contribution in [3.63, 3.8) is 0 Å². The van der Waals surface area contributed by atoms with Gasteiger partial charge in [-0.3, -0.25) is 14.5 Å². The van der Waals surface area contributed by atoms with Gasteiger partial charge in [-0.2, -0.15) is 0 Å². The molecule has 0 saturated carbocycles. The molecular weight excluding hydrogens is 202 g/mol. The Balaban J connectivity index is 2.88. The van der Waals surface area contributed by atoms with Gasteiger partial charge < -0.3 is 9.84 Å². The summed E-state index contributed by atoms with van der Waals surface area (Å²) < 4.78 is 4.67. The number of rotatable bonds is 4. The number of carbonyl (C=O) groups excluding carboxylic acids is 2. The van der Waals surface area contributed by atoms with E-state index in [1.165, 1.54) is 6.08 Å². The fraction of sp³-hybridized carbons (Fsp3) is 0.444. The minimum absolute atomic E-state index is 0.0345. The lowest BCUT2D eigenvalue weighted by molar-refractivity contribution is -0.167. The van der Waals surface area contributed by atoms with E-state index < -0.39 is 23.8 Å². The highest BCUT2D eigenvalue weighted by Crippen LogP contribution is 2.10. The van der Waals surface area contributed by atoms with Crippen molar-refractivity contribution in [2.24, 2.45) is 0 Å². The number of amides is 2. The Bertz CT molecular complexity index is 296. The van der Waals surface area contributed by atoms with Crippen LogP contribution in [-0.4, -0.2) is 47.0 Å². The third kappa shape index (κ3) is 2.41. The van der Waals surface area contributed by atoms with Crippen molar-refractivity contribution < 1.29 is 24.2 Å². The van der Waals surface area contributed by atoms with Crippen LogP contribution in [0.4, 0.5) is 0 Å². The van der Waals surface area contributed by atoms with E-state index in [1.807, 2.05) is 0 Å². The van der Waals surface area contributed by atoms with Crippen LogP contribution in [-0.2, 0) is 19.1 Å². The van der Waals surface area contributed by atoms with Crippen LogP contribution in [0.1, 0.15) is 6.42 Å². The number of morpholine rings is 1. The van der Waals surface area contributed by atoms with E-state index in [1.54, 1.807) is 0 Å². The second-order valence-corrected chi connectivity index (χ2v) is 3.03. The van der Waals surface area contributed by atoms with E-state index in [2.05, 4.69) is 11.3 Å². The van der Waals surface area contributed by atoms with Gasteiger partial charge in [0.1, 0.15) is 19.3 Å². The standard InChI is InChI=1S/C9H11NO5/c1-2-3-6(9(13)14)10-7(11)4-15-5-8(10)12/h2,6H,1,3-5H2,(H,13,14). The number of aliphatic carboxylic acids is 1. The van der Waals surface area contributed by atoms with E-state index in [0.29, 0.717) is 0 Å². The molecule has 82 valence electrons. The Kier molecular flexibility index (Phi) is 3.56. The normalized spacial score (nSPS) is 18.8. The number of carboxylic acid groups (broad SMARTS) is 1. The van der Waals surface area contributed by atoms with E-state index in [4.69, 9.17) is 5.11 Å². The topological polar surface area (TPSA) is 83.9 Å². The van der Waals surface area contributed by atoms with E-state index in [0.717, 1.165) is 4.90 Å². The molecule has 0 aliphatic carbocycles. The maximum atomic E-state index is 11.3. The van der Waals surface area contributed by atoms with Crippen LogP contribution < -0.4 is 0 Å². The maximum absolute atomic E-state index is 11.3. The molecule has 0 aromatic rings. The predicted octanol–water partition coefficient (Wildman–Crippen LogP) is -0.599. The fourth-order valence-corrected chi connectivity index (χ4v) is 1.33. The predicted molar refractivity (Wildman–Crippen MR) is 48.9 cm³/mol. The number of carboxylic acids is 1. The number of nitrogens with zero attached hydrogens (tertiary/aromatic N) is 1. The SMILES string of the molecule is C=CCC(C(=O)O)N1C(=O)COCC1=O. The molecule has 0 bridgehead atoms. The van der Waals surface area contributed by atoms with Gasteiger partial charge in [0, 0.05) is 0 Å². The fourth-order valence-electron chi connectivity index (χ4n) is 1.33. The van der Waals surface area contributed by atoms with Crippen molar-refractivity contribution >= 4 is 17.8 Å². The van der Waals surface area contributed by atoms with Crippen LogP contribution in [0.15, 0.2) is 12.7 Å². The molecule has 6 heteroatoms. The molecular formula is C9H11NO5. The van der Waals surface area contributed by atoms with Gasteiger partial charge in [0.2, 0.25) is 0 Å². The first-order valence-electron chi connectivity index (χ1n) is 4.34. The van der Waals surface area contributed by atoms with Gasteiger partial charge >= 0.3 is 5.97 Å². The third-order valence-electron chi connectivity index (χ3n) is 1.98. The summed E-state index contributed by atoms with van der Waals surface area (Å²) in [6.07, 6.45) is 1.39. The minimum Gasteiger partial charge on any atom is -0.480 e. The molecule has 1 saturated heterocycles. The van der Waals surface area contributed by atoms with Crippen molar-refractivity contribution in [3.8, 4) is 0 Å². The molecule has 1 N–H and O–H groups in total. The second-order valence-electron chi connectivity index (χ2n) is 3.03. The Morgan fingerprint density at radius 3 is 2.47 bits per heavy atom. The van der Waals surface area contributed by atoms with Crippen molar-refractivity contribution in [3.05, 3.63) is 12.7 Å². The summed E-state index contributed by atoms with van der Waals surface area (Å²) in [5, 5.41) is 8.86. The molecule has 1 rings (SSSR count). The second kappa shape index (κ2) is 4.70. The Morgan fingerprint density at radius 2 is 2.07 bits per heavy atom. The highest BCUT2D eigenvalue weighted by atomic mass is 16.5. The number of ether oxygens (including phenoxy) is 1. The summed E-state index contributed by atoms with van der Waals surface area (Å²) in [4.78, 5) is 34.2. The molecule has 2 amide bonds. The van der Waals surface area contributed by atoms with Crippen LogP contribution >= 0.6 is 0 Å². The minimum atomic E-state index is -1.22. The molecule has 0 aromatic heterocycles. The van der Waals surface area contributed by atoms with E-state index in [-0.39, 0.29) is 19.6 Å². The van der Waals surface area contributed by atoms with Crippen molar-refractivity contribution in [2.75, 3.05) is 13.2 Å². The summed E-state index contributed by atoms with van der Waals surface area (Å²) >= 11 is 0. The molecule has 1 fully saturated rings. The Morgan fingerprint density at radius 1 is 1.53 bits per heavy atom. The number of hydrogen-bond acceptors (Lipinski definition) is 4. The van der Waals surface area contributed by atoms with Gasteiger partial charge in [-0.05, 0) is 6.42 Å². The monoisotopic (exact) mass is 213 g/mol. The average molecular weight is 213 g/mol. The Hall–Kier alpha value is -1.69. The summed E-state index contributed by atoms with van der Waals surface area (Å²) in [5.41, 5.74) is 0. The molecule has 1 aliphatic rings. The van der Waals surface area contributed by atoms with Gasteiger partial charge in [-0.1, -0.05) is 6.08 Å². The number of imide groups is 1. The summed E-state index contributed by atoms with van der Waals surface area (Å²) in [5.74, 6) is -2.47. The highest BCUT2D eigenvalue weighted by Gasteiger charge is 2.36. The maximum Gasteiger partial charge on any atom is 0.327 e. The summed E-state index contributed by atoms with van der Waals surface area (Å²) in [6.45, 7) is 2.87. The van der Waals surface area contributed by atoms with Crippen LogP contribution in [0.25, 0.3) is 0 Å². The largest absolute Gasteiger partial charge is 0.480 e. The first-order chi connectivity index (χ1) is 7.07. The van der Waals surface area contributed by atoms with E-state index >= 15 is 0 Å². The first kappa shape index (κ1) is 11.4. The first-order valence-corrected chi connectivity index (χ1v) is 4.34. The molecule has 1 aliphatic heterocycles. The molecule has 0 radical (unpaired) electrons. The Labute approximate surface area is 86.1 Å². The lowest BCUT2D eigenvalue weighted by atomic mass is 10.1. The molecule has 0 spiro atoms. The lowest BCUT2D eigenvalue weighted by Gasteiger charge is -2.29. The highest BCUT2D eigenvalue weighted by molar-refractivity contribution is 6.01. The van der Waals surface area contributed by atoms with Crippen LogP contribution in [0.3, 0.4) is 0 Å². The number of hydrogen-bond donors (Lipinski definition) is 1. The molecule has 0 aromatic carbocycles. The zero-order valence-electron chi connectivity index (χ0n) is 8.01. The zero-order chi connectivity index (χ0) is 11.4. The van der Waals surface area contributed by atoms with Gasteiger partial charge in [0.15, 0.2) is 0 Å². The van der Waals surface area contributed by atoms with Gasteiger partial charge in [0.25, 0.3) is 11.8 Å². The molecule has 1 heterocycles. The molecule has 15 heavy (non-hydrogen) atoms. The number of carbonyl (C=O) groups is 3. The molecule has 1 atom stereocenters. The van der Waals surface area contributed by atoms with Crippen molar-refractivity contribution in [2.45, 2.75) is 12.5 Å². The van der Waals surface area contributed by atoms with Gasteiger partial charge in [0.05, 0.1) is 0 Å².